The van der Waals surface area contributed by atoms with Crippen LogP contribution >= 0.6 is 0 Å². The molecule has 1 saturated heterocycles. The third-order valence-corrected chi connectivity index (χ3v) is 7.44. The Morgan fingerprint density at radius 1 is 1.24 bits per heavy atom. The highest BCUT2D eigenvalue weighted by molar-refractivity contribution is 5.83. The van der Waals surface area contributed by atoms with E-state index in [1.54, 1.807) is 6.92 Å². The van der Waals surface area contributed by atoms with Crippen LogP contribution in [0.15, 0.2) is 23.8 Å². The molecule has 0 aromatic heterocycles. The number of rotatable bonds is 7. The van der Waals surface area contributed by atoms with E-state index in [1.807, 2.05) is 20.8 Å². The van der Waals surface area contributed by atoms with Crippen molar-refractivity contribution in [1.82, 2.24) is 0 Å². The lowest BCUT2D eigenvalue weighted by molar-refractivity contribution is -0.166. The molecule has 184 valence electrons. The number of fused-ring (bicyclic) bond motifs is 1. The number of hydrogen-bond donors (Lipinski definition) is 1. The molecule has 33 heavy (non-hydrogen) atoms. The van der Waals surface area contributed by atoms with Gasteiger partial charge in [0.25, 0.3) is 0 Å². The highest BCUT2D eigenvalue weighted by Gasteiger charge is 2.66. The predicted octanol–water partition coefficient (Wildman–Crippen LogP) is 2.73. The van der Waals surface area contributed by atoms with Gasteiger partial charge in [-0.3, -0.25) is 9.59 Å². The number of esters is 3. The zero-order chi connectivity index (χ0) is 24.7. The van der Waals surface area contributed by atoms with E-state index in [4.69, 9.17) is 18.9 Å². The van der Waals surface area contributed by atoms with Gasteiger partial charge in [0, 0.05) is 31.8 Å². The van der Waals surface area contributed by atoms with Gasteiger partial charge >= 0.3 is 17.9 Å². The highest BCUT2D eigenvalue weighted by Crippen LogP contribution is 2.59. The summed E-state index contributed by atoms with van der Waals surface area (Å²) in [6.45, 7) is 14.8. The molecule has 0 bridgehead atoms. The average Bonchev–Trinajstić information content (AvgIpc) is 3.33. The van der Waals surface area contributed by atoms with Crippen molar-refractivity contribution >= 4 is 17.9 Å². The lowest BCUT2D eigenvalue weighted by Crippen LogP contribution is -2.55. The minimum absolute atomic E-state index is 0.208. The minimum atomic E-state index is -1.06. The topological polar surface area (TPSA) is 112 Å². The summed E-state index contributed by atoms with van der Waals surface area (Å²) in [4.78, 5) is 36.1. The molecule has 8 nitrogen and oxygen atoms in total. The molecule has 0 aromatic rings. The van der Waals surface area contributed by atoms with Gasteiger partial charge < -0.3 is 24.1 Å². The molecule has 9 atom stereocenters. The predicted molar refractivity (Wildman–Crippen MR) is 119 cm³/mol. The number of allylic oxidation sites excluding steroid dienone is 1. The van der Waals surface area contributed by atoms with Crippen LogP contribution in [0.2, 0.25) is 0 Å². The van der Waals surface area contributed by atoms with Crippen molar-refractivity contribution in [1.29, 1.82) is 0 Å². The Kier molecular flexibility index (Phi) is 7.39. The van der Waals surface area contributed by atoms with Crippen molar-refractivity contribution in [3.05, 3.63) is 23.8 Å². The van der Waals surface area contributed by atoms with Crippen molar-refractivity contribution in [2.75, 3.05) is 6.61 Å². The van der Waals surface area contributed by atoms with E-state index in [0.717, 1.165) is 5.57 Å². The summed E-state index contributed by atoms with van der Waals surface area (Å²) in [5.41, 5.74) is 0.829. The largest absolute Gasteiger partial charge is 0.462 e. The van der Waals surface area contributed by atoms with Gasteiger partial charge in [-0.15, -0.1) is 0 Å². The van der Waals surface area contributed by atoms with Crippen LogP contribution < -0.4 is 0 Å². The molecule has 3 rings (SSSR count). The second kappa shape index (κ2) is 9.58. The van der Waals surface area contributed by atoms with Crippen molar-refractivity contribution in [2.24, 2.45) is 23.7 Å². The Morgan fingerprint density at radius 3 is 2.39 bits per heavy atom. The molecule has 0 radical (unpaired) electrons. The van der Waals surface area contributed by atoms with Crippen molar-refractivity contribution < 1.29 is 38.4 Å². The fourth-order valence-electron chi connectivity index (χ4n) is 5.79. The van der Waals surface area contributed by atoms with E-state index in [9.17, 15) is 19.5 Å². The fraction of sp³-hybridized carbons (Fsp3) is 0.720. The van der Waals surface area contributed by atoms with Crippen LogP contribution in [-0.2, 0) is 33.3 Å². The summed E-state index contributed by atoms with van der Waals surface area (Å²) in [5.74, 6) is -2.62. The third-order valence-electron chi connectivity index (χ3n) is 7.44. The number of carbonyl (C=O) groups is 3. The Balaban J connectivity index is 1.98. The quantitative estimate of drug-likeness (QED) is 0.201. The van der Waals surface area contributed by atoms with Gasteiger partial charge in [-0.25, -0.2) is 4.79 Å². The number of carbonyl (C=O) groups excluding carboxylic acids is 3. The molecule has 0 spiro atoms. The molecule has 0 aromatic carbocycles. The molecule has 3 fully saturated rings. The van der Waals surface area contributed by atoms with Crippen molar-refractivity contribution in [3.63, 3.8) is 0 Å². The molecule has 1 N–H and O–H groups in total. The van der Waals surface area contributed by atoms with Crippen LogP contribution in [0.4, 0.5) is 0 Å². The van der Waals surface area contributed by atoms with Gasteiger partial charge in [0.2, 0.25) is 0 Å². The average molecular weight is 465 g/mol. The van der Waals surface area contributed by atoms with Gasteiger partial charge in [0.15, 0.2) is 0 Å². The number of epoxide rings is 1. The zero-order valence-corrected chi connectivity index (χ0v) is 20.3. The number of hydrogen-bond acceptors (Lipinski definition) is 8. The Bertz CT molecular complexity index is 841. The second-order valence-corrected chi connectivity index (χ2v) is 9.85. The van der Waals surface area contributed by atoms with Gasteiger partial charge in [-0.05, 0) is 51.0 Å². The molecule has 0 amide bonds. The lowest BCUT2D eigenvalue weighted by atomic mass is 9.61. The molecule has 0 unspecified atom stereocenters. The maximum atomic E-state index is 12.5. The summed E-state index contributed by atoms with van der Waals surface area (Å²) in [5, 5.41) is 11.5. The van der Waals surface area contributed by atoms with Gasteiger partial charge in [-0.2, -0.15) is 0 Å². The Hall–Kier alpha value is -2.19. The van der Waals surface area contributed by atoms with E-state index < -0.39 is 53.8 Å². The van der Waals surface area contributed by atoms with Crippen LogP contribution in [0.5, 0.6) is 0 Å². The molecule has 8 heteroatoms. The van der Waals surface area contributed by atoms with Crippen molar-refractivity contribution in [2.45, 2.75) is 84.4 Å². The standard InChI is InChI=1S/C25H36O8/c1-8-12(2)9-19(28)33-24-13(3)17-10-18(32-16(6)27)20(14(4)31-15(5)26)21(17)22(23(24)29)25(7)11-30-25/h9,14,17-18,20-24,29H,3,8,10-11H2,1-2,4-7H3/t14-,17+,18+,20+,21+,22+,23-,24+,25-/m1/s1. The van der Waals surface area contributed by atoms with Crippen LogP contribution in [0.3, 0.4) is 0 Å². The van der Waals surface area contributed by atoms with E-state index >= 15 is 0 Å². The SMILES string of the molecule is C=C1[C@@H]2C[C@H](OC(C)=O)[C@H]([C@@H](C)OC(C)=O)[C@H]2[C@H]([C@@]2(C)CO2)[C@@H](O)[C@H]1OC(=O)C=C(C)CC. The maximum Gasteiger partial charge on any atom is 0.331 e. The van der Waals surface area contributed by atoms with E-state index in [1.165, 1.54) is 19.9 Å². The summed E-state index contributed by atoms with van der Waals surface area (Å²) in [6, 6.07) is 0. The molecule has 1 heterocycles. The normalized spacial score (nSPS) is 38.8. The molecule has 2 aliphatic carbocycles. The number of aliphatic hydroxyl groups excluding tert-OH is 1. The molecular weight excluding hydrogens is 428 g/mol. The zero-order valence-electron chi connectivity index (χ0n) is 20.3. The Morgan fingerprint density at radius 2 is 1.88 bits per heavy atom. The summed E-state index contributed by atoms with van der Waals surface area (Å²) < 4.78 is 22.6. The van der Waals surface area contributed by atoms with E-state index in [-0.39, 0.29) is 17.8 Å². The van der Waals surface area contributed by atoms with Gasteiger partial charge in [0.1, 0.15) is 24.4 Å². The first-order valence-corrected chi connectivity index (χ1v) is 11.6. The number of ether oxygens (including phenoxy) is 4. The summed E-state index contributed by atoms with van der Waals surface area (Å²) in [7, 11) is 0. The molecular formula is C25H36O8. The lowest BCUT2D eigenvalue weighted by Gasteiger charge is -2.47. The van der Waals surface area contributed by atoms with Crippen LogP contribution in [0.25, 0.3) is 0 Å². The van der Waals surface area contributed by atoms with Crippen LogP contribution in [0.1, 0.15) is 54.4 Å². The molecule has 1 aliphatic heterocycles. The first-order chi connectivity index (χ1) is 15.4. The van der Waals surface area contributed by atoms with Crippen molar-refractivity contribution in [3.8, 4) is 0 Å². The minimum Gasteiger partial charge on any atom is -0.462 e. The van der Waals surface area contributed by atoms with Crippen LogP contribution in [-0.4, -0.2) is 59.6 Å². The monoisotopic (exact) mass is 464 g/mol. The number of aliphatic hydroxyl groups is 1. The molecule has 2 saturated carbocycles. The third kappa shape index (κ3) is 5.17. The maximum absolute atomic E-state index is 12.5. The first kappa shape index (κ1) is 25.4. The van der Waals surface area contributed by atoms with Gasteiger partial charge in [0.05, 0.1) is 12.2 Å². The summed E-state index contributed by atoms with van der Waals surface area (Å²) >= 11 is 0. The first-order valence-electron chi connectivity index (χ1n) is 11.6. The van der Waals surface area contributed by atoms with Gasteiger partial charge in [-0.1, -0.05) is 19.1 Å². The van der Waals surface area contributed by atoms with E-state index in [0.29, 0.717) is 25.0 Å². The summed E-state index contributed by atoms with van der Waals surface area (Å²) in [6.07, 6.45) is -0.477. The molecule has 3 aliphatic rings. The second-order valence-electron chi connectivity index (χ2n) is 9.85. The van der Waals surface area contributed by atoms with Crippen LogP contribution in [0, 0.1) is 23.7 Å². The fourth-order valence-corrected chi connectivity index (χ4v) is 5.79. The Labute approximate surface area is 195 Å². The van der Waals surface area contributed by atoms with E-state index in [2.05, 4.69) is 6.58 Å². The smallest absolute Gasteiger partial charge is 0.331 e. The highest BCUT2D eigenvalue weighted by atomic mass is 16.6.